The number of carboxylic acid groups (broad SMARTS) is 1. The highest BCUT2D eigenvalue weighted by molar-refractivity contribution is 6.32. The zero-order valence-electron chi connectivity index (χ0n) is 10.4. The van der Waals surface area contributed by atoms with Gasteiger partial charge in [-0.15, -0.1) is 0 Å². The quantitative estimate of drug-likeness (QED) is 0.888. The second-order valence-corrected chi connectivity index (χ2v) is 4.49. The number of halogens is 1. The molecule has 0 spiro atoms. The van der Waals surface area contributed by atoms with Gasteiger partial charge in [0.2, 0.25) is 5.22 Å². The Hall–Kier alpha value is -2.27. The number of rotatable bonds is 5. The molecule has 0 radical (unpaired) electrons. The van der Waals surface area contributed by atoms with Crippen LogP contribution >= 0.6 is 11.6 Å². The van der Waals surface area contributed by atoms with E-state index in [0.717, 1.165) is 0 Å². The van der Waals surface area contributed by atoms with Gasteiger partial charge in [-0.05, 0) is 23.2 Å². The van der Waals surface area contributed by atoms with Crippen LogP contribution in [0.5, 0.6) is 0 Å². The molecule has 2 aromatic rings. The van der Waals surface area contributed by atoms with Crippen molar-refractivity contribution in [2.45, 2.75) is 12.5 Å². The standard InChI is InChI=1S/C14H12ClNO4/c15-13-10(6-7-20-13)14(19)16-11(8-12(17)18)9-4-2-1-3-5-9/h1-7,11H,8H2,(H,16,19)(H,17,18). The van der Waals surface area contributed by atoms with Crippen LogP contribution < -0.4 is 5.32 Å². The lowest BCUT2D eigenvalue weighted by molar-refractivity contribution is -0.137. The minimum absolute atomic E-state index is 0.0235. The van der Waals surface area contributed by atoms with E-state index in [-0.39, 0.29) is 17.2 Å². The number of carbonyl (C=O) groups excluding carboxylic acids is 1. The summed E-state index contributed by atoms with van der Waals surface area (Å²) in [6.07, 6.45) is 1.08. The Morgan fingerprint density at radius 3 is 2.50 bits per heavy atom. The Kier molecular flexibility index (Phi) is 4.42. The Morgan fingerprint density at radius 1 is 1.25 bits per heavy atom. The smallest absolute Gasteiger partial charge is 0.305 e. The highest BCUT2D eigenvalue weighted by Gasteiger charge is 2.21. The summed E-state index contributed by atoms with van der Waals surface area (Å²) in [6, 6.07) is 9.68. The van der Waals surface area contributed by atoms with Crippen molar-refractivity contribution in [2.75, 3.05) is 0 Å². The van der Waals surface area contributed by atoms with Crippen molar-refractivity contribution in [2.24, 2.45) is 0 Å². The van der Waals surface area contributed by atoms with Crippen LogP contribution in [-0.2, 0) is 4.79 Å². The maximum atomic E-state index is 12.0. The van der Waals surface area contributed by atoms with E-state index in [1.807, 2.05) is 6.07 Å². The Balaban J connectivity index is 2.18. The molecule has 1 aromatic heterocycles. The molecule has 2 rings (SSSR count). The molecule has 1 unspecified atom stereocenters. The van der Waals surface area contributed by atoms with Crippen LogP contribution in [0.1, 0.15) is 28.4 Å². The minimum Gasteiger partial charge on any atom is -0.481 e. The maximum Gasteiger partial charge on any atom is 0.305 e. The van der Waals surface area contributed by atoms with E-state index >= 15 is 0 Å². The third-order valence-corrected chi connectivity index (χ3v) is 3.04. The summed E-state index contributed by atoms with van der Waals surface area (Å²) in [7, 11) is 0. The first-order valence-electron chi connectivity index (χ1n) is 5.88. The molecular formula is C14H12ClNO4. The van der Waals surface area contributed by atoms with Crippen LogP contribution in [0.4, 0.5) is 0 Å². The van der Waals surface area contributed by atoms with Crippen molar-refractivity contribution < 1.29 is 19.1 Å². The van der Waals surface area contributed by atoms with Gasteiger partial charge < -0.3 is 14.8 Å². The van der Waals surface area contributed by atoms with Crippen LogP contribution in [-0.4, -0.2) is 17.0 Å². The molecule has 0 aliphatic carbocycles. The number of hydrogen-bond donors (Lipinski definition) is 2. The summed E-state index contributed by atoms with van der Waals surface area (Å²) < 4.78 is 4.84. The van der Waals surface area contributed by atoms with E-state index in [2.05, 4.69) is 5.32 Å². The van der Waals surface area contributed by atoms with Gasteiger partial charge in [0.05, 0.1) is 24.3 Å². The summed E-state index contributed by atoms with van der Waals surface area (Å²) in [5.41, 5.74) is 0.890. The van der Waals surface area contributed by atoms with E-state index in [4.69, 9.17) is 21.1 Å². The average molecular weight is 294 g/mol. The van der Waals surface area contributed by atoms with Gasteiger partial charge >= 0.3 is 5.97 Å². The normalized spacial score (nSPS) is 11.8. The summed E-state index contributed by atoms with van der Waals surface area (Å²) >= 11 is 5.73. The molecule has 5 nitrogen and oxygen atoms in total. The topological polar surface area (TPSA) is 79.5 Å². The van der Waals surface area contributed by atoms with Crippen molar-refractivity contribution in [1.82, 2.24) is 5.32 Å². The molecule has 0 saturated heterocycles. The Bertz CT molecular complexity index is 609. The zero-order chi connectivity index (χ0) is 14.5. The molecule has 0 fully saturated rings. The van der Waals surface area contributed by atoms with Crippen LogP contribution in [0, 0.1) is 0 Å². The van der Waals surface area contributed by atoms with Gasteiger partial charge in [0, 0.05) is 0 Å². The van der Waals surface area contributed by atoms with Crippen LogP contribution in [0.15, 0.2) is 47.1 Å². The molecule has 1 aromatic carbocycles. The number of carbonyl (C=O) groups is 2. The molecule has 0 bridgehead atoms. The van der Waals surface area contributed by atoms with Crippen LogP contribution in [0.3, 0.4) is 0 Å². The average Bonchev–Trinajstić information content (AvgIpc) is 2.85. The van der Waals surface area contributed by atoms with E-state index in [0.29, 0.717) is 5.56 Å². The summed E-state index contributed by atoms with van der Waals surface area (Å²) in [4.78, 5) is 23.0. The second kappa shape index (κ2) is 6.25. The van der Waals surface area contributed by atoms with Gasteiger partial charge in [-0.25, -0.2) is 0 Å². The minimum atomic E-state index is -1.00. The molecule has 20 heavy (non-hydrogen) atoms. The van der Waals surface area contributed by atoms with Gasteiger partial charge in [-0.3, -0.25) is 9.59 Å². The SMILES string of the molecule is O=C(O)CC(NC(=O)c1ccoc1Cl)c1ccccc1. The lowest BCUT2D eigenvalue weighted by atomic mass is 10.0. The van der Waals surface area contributed by atoms with Gasteiger partial charge in [-0.1, -0.05) is 30.3 Å². The van der Waals surface area contributed by atoms with E-state index in [9.17, 15) is 9.59 Å². The third-order valence-electron chi connectivity index (χ3n) is 2.75. The third kappa shape index (κ3) is 3.39. The van der Waals surface area contributed by atoms with Crippen molar-refractivity contribution in [1.29, 1.82) is 0 Å². The number of nitrogens with one attached hydrogen (secondary N) is 1. The first kappa shape index (κ1) is 14.1. The van der Waals surface area contributed by atoms with Gasteiger partial charge in [0.25, 0.3) is 5.91 Å². The fraction of sp³-hybridized carbons (Fsp3) is 0.143. The first-order chi connectivity index (χ1) is 9.58. The predicted octanol–water partition coefficient (Wildman–Crippen LogP) is 2.88. The molecule has 1 atom stereocenters. The van der Waals surface area contributed by atoms with E-state index < -0.39 is 17.9 Å². The van der Waals surface area contributed by atoms with Gasteiger partial charge in [-0.2, -0.15) is 0 Å². The number of carboxylic acids is 1. The summed E-state index contributed by atoms with van der Waals surface area (Å²) in [6.45, 7) is 0. The Morgan fingerprint density at radius 2 is 1.95 bits per heavy atom. The van der Waals surface area contributed by atoms with E-state index in [1.54, 1.807) is 24.3 Å². The molecular weight excluding hydrogens is 282 g/mol. The summed E-state index contributed by atoms with van der Waals surface area (Å²) in [5, 5.41) is 11.6. The van der Waals surface area contributed by atoms with Crippen molar-refractivity contribution in [3.05, 3.63) is 59.0 Å². The largest absolute Gasteiger partial charge is 0.481 e. The lowest BCUT2D eigenvalue weighted by Gasteiger charge is -2.17. The van der Waals surface area contributed by atoms with Gasteiger partial charge in [0.1, 0.15) is 0 Å². The fourth-order valence-electron chi connectivity index (χ4n) is 1.80. The molecule has 1 amide bonds. The number of hydrogen-bond acceptors (Lipinski definition) is 3. The second-order valence-electron chi connectivity index (χ2n) is 4.14. The van der Waals surface area contributed by atoms with Crippen molar-refractivity contribution in [3.8, 4) is 0 Å². The lowest BCUT2D eigenvalue weighted by Crippen LogP contribution is -2.30. The highest BCUT2D eigenvalue weighted by atomic mass is 35.5. The van der Waals surface area contributed by atoms with E-state index in [1.165, 1.54) is 12.3 Å². The molecule has 6 heteroatoms. The molecule has 2 N–H and O–H groups in total. The highest BCUT2D eigenvalue weighted by Crippen LogP contribution is 2.20. The monoisotopic (exact) mass is 293 g/mol. The van der Waals surface area contributed by atoms with Crippen molar-refractivity contribution in [3.63, 3.8) is 0 Å². The Labute approximate surface area is 120 Å². The molecule has 0 aliphatic heterocycles. The van der Waals surface area contributed by atoms with Crippen LogP contribution in [0.2, 0.25) is 5.22 Å². The van der Waals surface area contributed by atoms with Crippen LogP contribution in [0.25, 0.3) is 0 Å². The number of furan rings is 1. The zero-order valence-corrected chi connectivity index (χ0v) is 11.1. The maximum absolute atomic E-state index is 12.0. The fourth-order valence-corrected chi connectivity index (χ4v) is 2.00. The number of aliphatic carboxylic acids is 1. The number of benzene rings is 1. The van der Waals surface area contributed by atoms with Gasteiger partial charge in [0.15, 0.2) is 0 Å². The first-order valence-corrected chi connectivity index (χ1v) is 6.26. The van der Waals surface area contributed by atoms with Crippen molar-refractivity contribution >= 4 is 23.5 Å². The number of amides is 1. The molecule has 0 aliphatic rings. The molecule has 1 heterocycles. The molecule has 104 valence electrons. The predicted molar refractivity (Wildman–Crippen MR) is 72.6 cm³/mol. The summed E-state index contributed by atoms with van der Waals surface area (Å²) in [5.74, 6) is -1.48. The molecule has 0 saturated carbocycles.